The molecule has 0 unspecified atom stereocenters. The molecule has 1 fully saturated rings. The topological polar surface area (TPSA) is 49.4 Å². The van der Waals surface area contributed by atoms with Gasteiger partial charge in [-0.05, 0) is 48.2 Å². The SMILES string of the molecule is CCCC(=O)Nc1ccc([C@@H]2SCC(=O)N2c2ccc(CC)cc2)cc1. The molecule has 0 spiro atoms. The summed E-state index contributed by atoms with van der Waals surface area (Å²) >= 11 is 1.63. The summed E-state index contributed by atoms with van der Waals surface area (Å²) in [7, 11) is 0. The lowest BCUT2D eigenvalue weighted by atomic mass is 10.1. The summed E-state index contributed by atoms with van der Waals surface area (Å²) < 4.78 is 0. The fraction of sp³-hybridized carbons (Fsp3) is 0.333. The molecule has 136 valence electrons. The molecule has 1 aliphatic heterocycles. The van der Waals surface area contributed by atoms with Crippen LogP contribution in [0.5, 0.6) is 0 Å². The number of hydrogen-bond acceptors (Lipinski definition) is 3. The van der Waals surface area contributed by atoms with Crippen molar-refractivity contribution in [1.82, 2.24) is 0 Å². The predicted molar refractivity (Wildman–Crippen MR) is 108 cm³/mol. The maximum Gasteiger partial charge on any atom is 0.238 e. The summed E-state index contributed by atoms with van der Waals surface area (Å²) in [6.45, 7) is 4.11. The van der Waals surface area contributed by atoms with E-state index < -0.39 is 0 Å². The van der Waals surface area contributed by atoms with Crippen molar-refractivity contribution >= 4 is 35.0 Å². The summed E-state index contributed by atoms with van der Waals surface area (Å²) in [6, 6.07) is 16.0. The van der Waals surface area contributed by atoms with E-state index in [9.17, 15) is 9.59 Å². The number of carbonyl (C=O) groups is 2. The van der Waals surface area contributed by atoms with Gasteiger partial charge in [0.05, 0.1) is 5.75 Å². The normalized spacial score (nSPS) is 16.8. The number of benzene rings is 2. The zero-order chi connectivity index (χ0) is 18.5. The molecule has 1 N–H and O–H groups in total. The molecule has 0 saturated carbocycles. The Morgan fingerprint density at radius 1 is 1.12 bits per heavy atom. The van der Waals surface area contributed by atoms with Gasteiger partial charge in [-0.25, -0.2) is 0 Å². The van der Waals surface area contributed by atoms with Crippen LogP contribution in [0.25, 0.3) is 0 Å². The van der Waals surface area contributed by atoms with E-state index in [4.69, 9.17) is 0 Å². The Balaban J connectivity index is 1.78. The molecule has 5 heteroatoms. The molecule has 2 aromatic carbocycles. The Morgan fingerprint density at radius 2 is 1.81 bits per heavy atom. The highest BCUT2D eigenvalue weighted by molar-refractivity contribution is 8.00. The molecule has 0 bridgehead atoms. The first kappa shape index (κ1) is 18.5. The van der Waals surface area contributed by atoms with Gasteiger partial charge in [-0.3, -0.25) is 14.5 Å². The average Bonchev–Trinajstić information content (AvgIpc) is 3.04. The maximum absolute atomic E-state index is 12.4. The molecule has 0 aliphatic carbocycles. The molecule has 1 saturated heterocycles. The van der Waals surface area contributed by atoms with E-state index >= 15 is 0 Å². The third-order valence-electron chi connectivity index (χ3n) is 4.45. The second-order valence-electron chi connectivity index (χ2n) is 6.37. The lowest BCUT2D eigenvalue weighted by Crippen LogP contribution is -2.27. The molecule has 2 aromatic rings. The first-order chi connectivity index (χ1) is 12.6. The quantitative estimate of drug-likeness (QED) is 0.799. The zero-order valence-electron chi connectivity index (χ0n) is 15.2. The number of nitrogens with one attached hydrogen (secondary N) is 1. The Bertz CT molecular complexity index is 772. The van der Waals surface area contributed by atoms with Crippen LogP contribution in [-0.2, 0) is 16.0 Å². The number of nitrogens with zero attached hydrogens (tertiary/aromatic N) is 1. The van der Waals surface area contributed by atoms with Crippen molar-refractivity contribution < 1.29 is 9.59 Å². The number of carbonyl (C=O) groups excluding carboxylic acids is 2. The second-order valence-corrected chi connectivity index (χ2v) is 7.44. The number of amides is 2. The first-order valence-corrected chi connectivity index (χ1v) is 10.1. The second kappa shape index (κ2) is 8.41. The van der Waals surface area contributed by atoms with E-state index in [0.717, 1.165) is 29.8 Å². The van der Waals surface area contributed by atoms with Crippen LogP contribution in [0, 0.1) is 0 Å². The highest BCUT2D eigenvalue weighted by Crippen LogP contribution is 2.41. The van der Waals surface area contributed by atoms with Crippen LogP contribution in [0.1, 0.15) is 43.2 Å². The van der Waals surface area contributed by atoms with E-state index in [1.54, 1.807) is 11.8 Å². The average molecular weight is 369 g/mol. The fourth-order valence-corrected chi connectivity index (χ4v) is 4.20. The van der Waals surface area contributed by atoms with Crippen molar-refractivity contribution in [3.63, 3.8) is 0 Å². The van der Waals surface area contributed by atoms with E-state index in [1.807, 2.05) is 48.2 Å². The molecular weight excluding hydrogens is 344 g/mol. The number of aryl methyl sites for hydroxylation is 1. The molecular formula is C21H24N2O2S. The van der Waals surface area contributed by atoms with Crippen LogP contribution in [-0.4, -0.2) is 17.6 Å². The lowest BCUT2D eigenvalue weighted by molar-refractivity contribution is -0.116. The van der Waals surface area contributed by atoms with Crippen molar-refractivity contribution in [3.8, 4) is 0 Å². The molecule has 1 heterocycles. The molecule has 4 nitrogen and oxygen atoms in total. The third kappa shape index (κ3) is 4.10. The zero-order valence-corrected chi connectivity index (χ0v) is 16.0. The summed E-state index contributed by atoms with van der Waals surface area (Å²) in [5.41, 5.74) is 4.05. The molecule has 2 amide bonds. The standard InChI is InChI=1S/C21H24N2O2S/c1-3-5-19(24)22-17-10-8-16(9-11-17)21-23(20(25)14-26-21)18-12-6-15(4-2)7-13-18/h6-13,21H,3-5,14H2,1-2H3,(H,22,24)/t21-/m0/s1. The monoisotopic (exact) mass is 368 g/mol. The largest absolute Gasteiger partial charge is 0.326 e. The number of thioether (sulfide) groups is 1. The molecule has 0 aromatic heterocycles. The van der Waals surface area contributed by atoms with E-state index in [-0.39, 0.29) is 17.2 Å². The van der Waals surface area contributed by atoms with Crippen molar-refractivity contribution in [1.29, 1.82) is 0 Å². The smallest absolute Gasteiger partial charge is 0.238 e. The Morgan fingerprint density at radius 3 is 2.42 bits per heavy atom. The van der Waals surface area contributed by atoms with Gasteiger partial charge in [-0.2, -0.15) is 0 Å². The van der Waals surface area contributed by atoms with Gasteiger partial charge in [0, 0.05) is 17.8 Å². The Labute approximate surface area is 159 Å². The van der Waals surface area contributed by atoms with Gasteiger partial charge in [0.15, 0.2) is 0 Å². The molecule has 0 radical (unpaired) electrons. The molecule has 1 atom stereocenters. The maximum atomic E-state index is 12.4. The van der Waals surface area contributed by atoms with Crippen LogP contribution in [0.4, 0.5) is 11.4 Å². The van der Waals surface area contributed by atoms with Crippen LogP contribution < -0.4 is 10.2 Å². The van der Waals surface area contributed by atoms with Crippen molar-refractivity contribution in [2.75, 3.05) is 16.0 Å². The van der Waals surface area contributed by atoms with Gasteiger partial charge in [0.2, 0.25) is 11.8 Å². The van der Waals surface area contributed by atoms with E-state index in [0.29, 0.717) is 12.2 Å². The van der Waals surface area contributed by atoms with Crippen LogP contribution >= 0.6 is 11.8 Å². The van der Waals surface area contributed by atoms with Crippen LogP contribution in [0.2, 0.25) is 0 Å². The highest BCUT2D eigenvalue weighted by Gasteiger charge is 2.33. The van der Waals surface area contributed by atoms with Gasteiger partial charge < -0.3 is 5.32 Å². The number of anilines is 2. The minimum absolute atomic E-state index is 0.0308. The van der Waals surface area contributed by atoms with Gasteiger partial charge in [-0.15, -0.1) is 11.8 Å². The first-order valence-electron chi connectivity index (χ1n) is 9.04. The fourth-order valence-electron chi connectivity index (χ4n) is 3.02. The number of rotatable bonds is 6. The summed E-state index contributed by atoms with van der Waals surface area (Å²) in [5, 5.41) is 2.87. The van der Waals surface area contributed by atoms with Gasteiger partial charge in [-0.1, -0.05) is 38.1 Å². The van der Waals surface area contributed by atoms with Gasteiger partial charge in [0.25, 0.3) is 0 Å². The molecule has 1 aliphatic rings. The van der Waals surface area contributed by atoms with Crippen molar-refractivity contribution in [2.45, 2.75) is 38.5 Å². The summed E-state index contributed by atoms with van der Waals surface area (Å²) in [4.78, 5) is 26.0. The minimum Gasteiger partial charge on any atom is -0.326 e. The van der Waals surface area contributed by atoms with E-state index in [1.165, 1.54) is 5.56 Å². The van der Waals surface area contributed by atoms with Gasteiger partial charge >= 0.3 is 0 Å². The number of hydrogen-bond donors (Lipinski definition) is 1. The minimum atomic E-state index is -0.0321. The molecule has 26 heavy (non-hydrogen) atoms. The summed E-state index contributed by atoms with van der Waals surface area (Å²) in [5.74, 6) is 0.641. The Kier molecular flexibility index (Phi) is 5.99. The van der Waals surface area contributed by atoms with Gasteiger partial charge in [0.1, 0.15) is 5.37 Å². The van der Waals surface area contributed by atoms with Crippen LogP contribution in [0.3, 0.4) is 0 Å². The lowest BCUT2D eigenvalue weighted by Gasteiger charge is -2.24. The van der Waals surface area contributed by atoms with Crippen molar-refractivity contribution in [2.24, 2.45) is 0 Å². The third-order valence-corrected chi connectivity index (χ3v) is 5.66. The highest BCUT2D eigenvalue weighted by atomic mass is 32.2. The summed E-state index contributed by atoms with van der Waals surface area (Å²) in [6.07, 6.45) is 2.34. The van der Waals surface area contributed by atoms with Crippen LogP contribution in [0.15, 0.2) is 48.5 Å². The Hall–Kier alpha value is -2.27. The molecule has 3 rings (SSSR count). The van der Waals surface area contributed by atoms with Crippen molar-refractivity contribution in [3.05, 3.63) is 59.7 Å². The van der Waals surface area contributed by atoms with E-state index in [2.05, 4.69) is 24.4 Å². The predicted octanol–water partition coefficient (Wildman–Crippen LogP) is 4.77.